The number of urea groups is 1. The molecule has 0 unspecified atom stereocenters. The zero-order valence-corrected chi connectivity index (χ0v) is 27.9. The van der Waals surface area contributed by atoms with Gasteiger partial charge in [-0.1, -0.05) is 78.0 Å². The molecule has 1 saturated heterocycles. The van der Waals surface area contributed by atoms with Gasteiger partial charge in [-0.25, -0.2) is 9.47 Å². The van der Waals surface area contributed by atoms with Crippen LogP contribution in [-0.4, -0.2) is 65.1 Å². The van der Waals surface area contributed by atoms with Crippen molar-refractivity contribution in [3.05, 3.63) is 90.0 Å². The Labute approximate surface area is 260 Å². The van der Waals surface area contributed by atoms with Crippen molar-refractivity contribution in [3.8, 4) is 0 Å². The highest BCUT2D eigenvalue weighted by atomic mass is 16.2. The molecular weight excluding hydrogens is 536 g/mol. The minimum Gasteiger partial charge on any atom is -0.382 e. The van der Waals surface area contributed by atoms with Gasteiger partial charge in [0.1, 0.15) is 11.5 Å². The number of aryl methyl sites for hydroxylation is 1. The summed E-state index contributed by atoms with van der Waals surface area (Å²) in [5, 5.41) is 11.0. The number of carbonyl (C=O) groups excluding carboxylic acids is 1. The van der Waals surface area contributed by atoms with Crippen LogP contribution in [0.2, 0.25) is 0 Å². The van der Waals surface area contributed by atoms with Gasteiger partial charge >= 0.3 is 6.03 Å². The molecule has 2 amide bonds. The Morgan fingerprint density at radius 1 is 1.07 bits per heavy atom. The van der Waals surface area contributed by atoms with Crippen molar-refractivity contribution in [2.75, 3.05) is 27.2 Å². The Hall–Kier alpha value is -4.14. The second-order valence-corrected chi connectivity index (χ2v) is 9.10. The topological polar surface area (TPSA) is 106 Å². The van der Waals surface area contributed by atoms with E-state index in [4.69, 9.17) is 5.73 Å². The second kappa shape index (κ2) is 23.4. The van der Waals surface area contributed by atoms with Gasteiger partial charge in [0.2, 0.25) is 0 Å². The van der Waals surface area contributed by atoms with Crippen LogP contribution in [0.4, 0.5) is 4.79 Å². The number of nitrogens with zero attached hydrogens (tertiary/aromatic N) is 6. The molecule has 9 heteroatoms. The Morgan fingerprint density at radius 3 is 2.14 bits per heavy atom. The molecule has 4 rings (SSSR count). The average molecular weight is 593 g/mol. The monoisotopic (exact) mass is 592 g/mol. The molecule has 3 heterocycles. The van der Waals surface area contributed by atoms with Crippen molar-refractivity contribution in [1.29, 1.82) is 0 Å². The van der Waals surface area contributed by atoms with Crippen LogP contribution in [0.25, 0.3) is 0 Å². The summed E-state index contributed by atoms with van der Waals surface area (Å²) < 4.78 is 3.73. The van der Waals surface area contributed by atoms with Crippen molar-refractivity contribution in [3.63, 3.8) is 0 Å². The third kappa shape index (κ3) is 13.1. The van der Waals surface area contributed by atoms with Gasteiger partial charge in [0.05, 0.1) is 12.7 Å². The normalized spacial score (nSPS) is 12.5. The number of likely N-dealkylation sites (tertiary alicyclic amines) is 1. The number of nitrogens with one attached hydrogen (secondary N) is 1. The fraction of sp³-hybridized carbons (Fsp3) is 0.471. The average Bonchev–Trinajstić information content (AvgIpc) is 3.73. The minimum absolute atomic E-state index is 0.0197. The molecule has 3 aromatic rings. The van der Waals surface area contributed by atoms with Crippen LogP contribution in [0.15, 0.2) is 77.6 Å². The van der Waals surface area contributed by atoms with E-state index in [0.717, 1.165) is 56.7 Å². The molecule has 1 fully saturated rings. The van der Waals surface area contributed by atoms with Crippen molar-refractivity contribution < 1.29 is 4.79 Å². The first-order valence-corrected chi connectivity index (χ1v) is 15.5. The van der Waals surface area contributed by atoms with E-state index < -0.39 is 0 Å². The largest absolute Gasteiger partial charge is 0.382 e. The van der Waals surface area contributed by atoms with Crippen LogP contribution in [0, 0.1) is 0 Å². The molecule has 0 bridgehead atoms. The Morgan fingerprint density at radius 2 is 1.67 bits per heavy atom. The quantitative estimate of drug-likeness (QED) is 0.176. The van der Waals surface area contributed by atoms with Crippen LogP contribution in [-0.2, 0) is 13.0 Å². The van der Waals surface area contributed by atoms with E-state index in [2.05, 4.69) is 78.1 Å². The number of piperidine rings is 1. The predicted octanol–water partition coefficient (Wildman–Crippen LogP) is 6.93. The van der Waals surface area contributed by atoms with Gasteiger partial charge in [-0.3, -0.25) is 9.67 Å². The number of hydrogen-bond donors (Lipinski definition) is 2. The lowest BCUT2D eigenvalue weighted by Gasteiger charge is -2.31. The van der Waals surface area contributed by atoms with E-state index in [1.165, 1.54) is 11.1 Å². The molecular formula is C34H56N8O. The molecule has 2 aromatic heterocycles. The number of aromatic nitrogens is 3. The minimum atomic E-state index is -0.0197. The van der Waals surface area contributed by atoms with Gasteiger partial charge in [0.25, 0.3) is 0 Å². The summed E-state index contributed by atoms with van der Waals surface area (Å²) in [5.41, 5.74) is 10.3. The van der Waals surface area contributed by atoms with E-state index in [0.29, 0.717) is 11.8 Å². The first-order valence-electron chi connectivity index (χ1n) is 15.5. The summed E-state index contributed by atoms with van der Waals surface area (Å²) in [6.45, 7) is 21.6. The fourth-order valence-corrected chi connectivity index (χ4v) is 4.20. The molecule has 1 aliphatic rings. The first kappa shape index (κ1) is 38.9. The van der Waals surface area contributed by atoms with E-state index in [9.17, 15) is 4.79 Å². The molecule has 3 N–H and O–H groups in total. The first-order chi connectivity index (χ1) is 20.9. The summed E-state index contributed by atoms with van der Waals surface area (Å²) in [6, 6.07) is 14.3. The number of hydrogen-bond acceptors (Lipinski definition) is 4. The van der Waals surface area contributed by atoms with Crippen LogP contribution >= 0.6 is 0 Å². The summed E-state index contributed by atoms with van der Waals surface area (Å²) in [5.74, 6) is 0.784. The number of allylic oxidation sites excluding steroid dienone is 1. The van der Waals surface area contributed by atoms with E-state index in [-0.39, 0.29) is 6.03 Å². The third-order valence-corrected chi connectivity index (χ3v) is 6.51. The molecule has 0 spiro atoms. The Balaban J connectivity index is 0.000000690. The van der Waals surface area contributed by atoms with Crippen LogP contribution in [0.1, 0.15) is 89.2 Å². The number of rotatable bonds is 7. The van der Waals surface area contributed by atoms with Gasteiger partial charge in [-0.05, 0) is 48.9 Å². The van der Waals surface area contributed by atoms with Gasteiger partial charge in [0, 0.05) is 51.7 Å². The molecule has 9 nitrogen and oxygen atoms in total. The molecule has 1 aromatic carbocycles. The molecule has 0 radical (unpaired) electrons. The summed E-state index contributed by atoms with van der Waals surface area (Å²) in [6.07, 6.45) is 9.84. The van der Waals surface area contributed by atoms with E-state index >= 15 is 0 Å². The SMILES string of the molecule is C=CCC.C=Nn1c(C(N)=NC)ccc1C1CCN(C(=O)NC)CC1.CC.CC.CCc1cnn(Cc2ccccc2)c1. The zero-order valence-electron chi connectivity index (χ0n) is 27.9. The van der Waals surface area contributed by atoms with E-state index in [1.54, 1.807) is 18.8 Å². The standard InChI is InChI=1S/C14H22N6O.C12H14N2.C4H8.2C2H6/c1-16-13(15)12-5-4-11(20(12)18-3)10-6-8-19(9-7-10)14(21)17-2;1-2-11-8-13-14(9-11)10-12-6-4-3-5-7-12;1-3-4-2;2*1-2/h4-5,10H,3,6-9H2,1-2H3,(H2,15,16)(H,17,21);3-9H,2,10H2,1H3;3H,1,4H2,2H3;2*1-2H3. The summed E-state index contributed by atoms with van der Waals surface area (Å²) in [4.78, 5) is 17.4. The fourth-order valence-electron chi connectivity index (χ4n) is 4.20. The van der Waals surface area contributed by atoms with Crippen LogP contribution in [0.3, 0.4) is 0 Å². The van der Waals surface area contributed by atoms with Gasteiger partial charge in [-0.2, -0.15) is 10.2 Å². The molecule has 43 heavy (non-hydrogen) atoms. The molecule has 0 atom stereocenters. The molecule has 238 valence electrons. The highest BCUT2D eigenvalue weighted by Crippen LogP contribution is 2.29. The smallest absolute Gasteiger partial charge is 0.317 e. The van der Waals surface area contributed by atoms with Crippen molar-refractivity contribution in [2.24, 2.45) is 15.8 Å². The lowest BCUT2D eigenvalue weighted by Crippen LogP contribution is -2.42. The maximum absolute atomic E-state index is 11.6. The summed E-state index contributed by atoms with van der Waals surface area (Å²) >= 11 is 0. The second-order valence-electron chi connectivity index (χ2n) is 9.10. The van der Waals surface area contributed by atoms with Gasteiger partial charge in [0.15, 0.2) is 0 Å². The van der Waals surface area contributed by atoms with Crippen LogP contribution in [0.5, 0.6) is 0 Å². The number of benzene rings is 1. The lowest BCUT2D eigenvalue weighted by molar-refractivity contribution is 0.182. The van der Waals surface area contributed by atoms with Crippen LogP contribution < -0.4 is 11.1 Å². The summed E-state index contributed by atoms with van der Waals surface area (Å²) in [7, 11) is 3.30. The Kier molecular flexibility index (Phi) is 21.2. The highest BCUT2D eigenvalue weighted by molar-refractivity contribution is 5.96. The number of nitrogens with two attached hydrogens (primary N) is 1. The number of amides is 2. The number of amidine groups is 1. The highest BCUT2D eigenvalue weighted by Gasteiger charge is 2.26. The Bertz CT molecular complexity index is 1190. The number of aliphatic imine (C=N–C) groups is 1. The van der Waals surface area contributed by atoms with E-state index in [1.807, 2.05) is 67.7 Å². The zero-order chi connectivity index (χ0) is 32.6. The van der Waals surface area contributed by atoms with Crippen molar-refractivity contribution >= 4 is 18.6 Å². The van der Waals surface area contributed by atoms with Crippen molar-refractivity contribution in [2.45, 2.75) is 79.7 Å². The maximum atomic E-state index is 11.6. The molecule has 0 aliphatic carbocycles. The molecule has 1 aliphatic heterocycles. The number of carbonyl (C=O) groups is 1. The third-order valence-electron chi connectivity index (χ3n) is 6.51. The van der Waals surface area contributed by atoms with Gasteiger partial charge < -0.3 is 16.0 Å². The van der Waals surface area contributed by atoms with Gasteiger partial charge in [-0.15, -0.1) is 6.58 Å². The van der Waals surface area contributed by atoms with Crippen molar-refractivity contribution in [1.82, 2.24) is 24.7 Å². The lowest BCUT2D eigenvalue weighted by atomic mass is 9.94. The predicted molar refractivity (Wildman–Crippen MR) is 184 cm³/mol. The molecule has 0 saturated carbocycles. The maximum Gasteiger partial charge on any atom is 0.317 e.